The SMILES string of the molecule is O=C=NC1CC1c1cccc(Cl)c1. The summed E-state index contributed by atoms with van der Waals surface area (Å²) in [6.45, 7) is 0. The topological polar surface area (TPSA) is 29.4 Å². The number of rotatable bonds is 2. The van der Waals surface area contributed by atoms with Gasteiger partial charge in [0.1, 0.15) is 0 Å². The minimum atomic E-state index is 0.135. The summed E-state index contributed by atoms with van der Waals surface area (Å²) in [5, 5.41) is 0.734. The maximum absolute atomic E-state index is 9.98. The van der Waals surface area contributed by atoms with Gasteiger partial charge < -0.3 is 0 Å². The Balaban J connectivity index is 2.16. The van der Waals surface area contributed by atoms with Crippen molar-refractivity contribution in [3.63, 3.8) is 0 Å². The van der Waals surface area contributed by atoms with Gasteiger partial charge in [0.15, 0.2) is 0 Å². The van der Waals surface area contributed by atoms with Gasteiger partial charge in [0.25, 0.3) is 0 Å². The number of hydrogen-bond acceptors (Lipinski definition) is 2. The van der Waals surface area contributed by atoms with Crippen LogP contribution in [-0.2, 0) is 4.79 Å². The molecule has 0 spiro atoms. The van der Waals surface area contributed by atoms with Gasteiger partial charge in [-0.1, -0.05) is 23.7 Å². The van der Waals surface area contributed by atoms with Crippen LogP contribution in [0.1, 0.15) is 17.9 Å². The zero-order valence-corrected chi connectivity index (χ0v) is 7.66. The zero-order valence-electron chi connectivity index (χ0n) is 6.90. The van der Waals surface area contributed by atoms with Gasteiger partial charge in [-0.3, -0.25) is 0 Å². The number of halogens is 1. The van der Waals surface area contributed by atoms with Gasteiger partial charge >= 0.3 is 0 Å². The summed E-state index contributed by atoms with van der Waals surface area (Å²) in [4.78, 5) is 13.7. The van der Waals surface area contributed by atoms with Gasteiger partial charge in [0.2, 0.25) is 6.08 Å². The summed E-state index contributed by atoms with van der Waals surface area (Å²) < 4.78 is 0. The lowest BCUT2D eigenvalue weighted by atomic mass is 10.1. The first kappa shape index (κ1) is 8.49. The molecule has 2 unspecified atom stereocenters. The molecule has 66 valence electrons. The van der Waals surface area contributed by atoms with Crippen molar-refractivity contribution < 1.29 is 4.79 Å². The van der Waals surface area contributed by atoms with Gasteiger partial charge in [-0.15, -0.1) is 0 Å². The number of benzene rings is 1. The van der Waals surface area contributed by atoms with E-state index in [9.17, 15) is 4.79 Å². The van der Waals surface area contributed by atoms with E-state index in [4.69, 9.17) is 11.6 Å². The van der Waals surface area contributed by atoms with Gasteiger partial charge in [-0.2, -0.15) is 0 Å². The lowest BCUT2D eigenvalue weighted by Crippen LogP contribution is -1.83. The predicted molar refractivity (Wildman–Crippen MR) is 50.7 cm³/mol. The molecule has 2 nitrogen and oxygen atoms in total. The molecule has 1 saturated carbocycles. The van der Waals surface area contributed by atoms with Crippen molar-refractivity contribution in [3.8, 4) is 0 Å². The van der Waals surface area contributed by atoms with E-state index in [1.165, 1.54) is 0 Å². The molecule has 0 aliphatic heterocycles. The molecule has 1 aliphatic carbocycles. The van der Waals surface area contributed by atoms with Crippen molar-refractivity contribution in [2.75, 3.05) is 0 Å². The molecule has 2 atom stereocenters. The minimum Gasteiger partial charge on any atom is -0.211 e. The molecule has 1 aliphatic rings. The average Bonchev–Trinajstić information content (AvgIpc) is 2.85. The summed E-state index contributed by atoms with van der Waals surface area (Å²) in [5.74, 6) is 0.375. The van der Waals surface area contributed by atoms with Crippen molar-refractivity contribution in [3.05, 3.63) is 34.9 Å². The Morgan fingerprint density at radius 3 is 3.08 bits per heavy atom. The van der Waals surface area contributed by atoms with Gasteiger partial charge in [-0.05, 0) is 24.1 Å². The fraction of sp³-hybridized carbons (Fsp3) is 0.300. The lowest BCUT2D eigenvalue weighted by molar-refractivity contribution is 0.562. The molecule has 0 N–H and O–H groups in total. The molecule has 13 heavy (non-hydrogen) atoms. The van der Waals surface area contributed by atoms with Crippen LogP contribution in [0.25, 0.3) is 0 Å². The number of isocyanates is 1. The first-order valence-electron chi connectivity index (χ1n) is 4.13. The van der Waals surface area contributed by atoms with E-state index in [1.54, 1.807) is 6.08 Å². The molecule has 0 bridgehead atoms. The molecular formula is C10H8ClNO. The maximum Gasteiger partial charge on any atom is 0.235 e. The van der Waals surface area contributed by atoms with E-state index >= 15 is 0 Å². The van der Waals surface area contributed by atoms with Crippen LogP contribution >= 0.6 is 11.6 Å². The summed E-state index contributed by atoms with van der Waals surface area (Å²) in [5.41, 5.74) is 1.16. The van der Waals surface area contributed by atoms with Crippen molar-refractivity contribution in [2.45, 2.75) is 18.4 Å². The van der Waals surface area contributed by atoms with E-state index in [-0.39, 0.29) is 6.04 Å². The third-order valence-electron chi connectivity index (χ3n) is 2.25. The second kappa shape index (κ2) is 3.33. The standard InChI is InChI=1S/C10H8ClNO/c11-8-3-1-2-7(4-8)9-5-10(9)12-6-13/h1-4,9-10H,5H2. The van der Waals surface area contributed by atoms with Crippen molar-refractivity contribution in [1.29, 1.82) is 0 Å². The molecular weight excluding hydrogens is 186 g/mol. The Morgan fingerprint density at radius 2 is 2.38 bits per heavy atom. The molecule has 0 heterocycles. The largest absolute Gasteiger partial charge is 0.235 e. The van der Waals surface area contributed by atoms with Gasteiger partial charge in [-0.25, -0.2) is 9.79 Å². The van der Waals surface area contributed by atoms with Crippen LogP contribution in [0.3, 0.4) is 0 Å². The lowest BCUT2D eigenvalue weighted by Gasteiger charge is -1.97. The van der Waals surface area contributed by atoms with Crippen molar-refractivity contribution in [2.24, 2.45) is 4.99 Å². The maximum atomic E-state index is 9.98. The predicted octanol–water partition coefficient (Wildman–Crippen LogP) is 2.53. The molecule has 0 radical (unpaired) electrons. The molecule has 3 heteroatoms. The molecule has 1 aromatic carbocycles. The van der Waals surface area contributed by atoms with E-state index in [0.717, 1.165) is 17.0 Å². The van der Waals surface area contributed by atoms with E-state index < -0.39 is 0 Å². The Bertz CT molecular complexity index is 371. The highest BCUT2D eigenvalue weighted by atomic mass is 35.5. The third kappa shape index (κ3) is 1.80. The Labute approximate surface area is 81.2 Å². The molecule has 0 amide bonds. The summed E-state index contributed by atoms with van der Waals surface area (Å²) in [6.07, 6.45) is 2.53. The van der Waals surface area contributed by atoms with Crippen LogP contribution in [-0.4, -0.2) is 12.1 Å². The molecule has 1 aromatic rings. The van der Waals surface area contributed by atoms with Crippen LogP contribution < -0.4 is 0 Å². The van der Waals surface area contributed by atoms with Crippen LogP contribution in [0, 0.1) is 0 Å². The van der Waals surface area contributed by atoms with Crippen molar-refractivity contribution in [1.82, 2.24) is 0 Å². The third-order valence-corrected chi connectivity index (χ3v) is 2.49. The Hall–Kier alpha value is -1.11. The smallest absolute Gasteiger partial charge is 0.211 e. The van der Waals surface area contributed by atoms with Crippen LogP contribution in [0.5, 0.6) is 0 Å². The Kier molecular flexibility index (Phi) is 2.17. The minimum absolute atomic E-state index is 0.135. The molecule has 0 saturated heterocycles. The zero-order chi connectivity index (χ0) is 9.26. The number of aliphatic imine (C=N–C) groups is 1. The number of carbonyl (C=O) groups excluding carboxylic acids is 1. The monoisotopic (exact) mass is 193 g/mol. The summed E-state index contributed by atoms with van der Waals surface area (Å²) in [7, 11) is 0. The second-order valence-corrected chi connectivity index (χ2v) is 3.62. The van der Waals surface area contributed by atoms with Crippen LogP contribution in [0.4, 0.5) is 0 Å². The van der Waals surface area contributed by atoms with Crippen molar-refractivity contribution >= 4 is 17.7 Å². The average molecular weight is 194 g/mol. The van der Waals surface area contributed by atoms with E-state index in [0.29, 0.717) is 5.92 Å². The summed E-state index contributed by atoms with van der Waals surface area (Å²) >= 11 is 5.83. The van der Waals surface area contributed by atoms with E-state index in [2.05, 4.69) is 4.99 Å². The van der Waals surface area contributed by atoms with Crippen LogP contribution in [0.15, 0.2) is 29.3 Å². The molecule has 1 fully saturated rings. The first-order chi connectivity index (χ1) is 6.31. The number of nitrogens with zero attached hydrogens (tertiary/aromatic N) is 1. The van der Waals surface area contributed by atoms with Crippen LogP contribution in [0.2, 0.25) is 5.02 Å². The van der Waals surface area contributed by atoms with Gasteiger partial charge in [0, 0.05) is 10.9 Å². The summed E-state index contributed by atoms with van der Waals surface area (Å²) in [6, 6.07) is 7.82. The fourth-order valence-electron chi connectivity index (χ4n) is 1.49. The Morgan fingerprint density at radius 1 is 1.54 bits per heavy atom. The fourth-order valence-corrected chi connectivity index (χ4v) is 1.69. The normalized spacial score (nSPS) is 25.0. The second-order valence-electron chi connectivity index (χ2n) is 3.18. The van der Waals surface area contributed by atoms with Gasteiger partial charge in [0.05, 0.1) is 6.04 Å². The number of hydrogen-bond donors (Lipinski definition) is 0. The highest BCUT2D eigenvalue weighted by molar-refractivity contribution is 6.30. The molecule has 0 aromatic heterocycles. The first-order valence-corrected chi connectivity index (χ1v) is 4.51. The highest BCUT2D eigenvalue weighted by Gasteiger charge is 2.38. The van der Waals surface area contributed by atoms with E-state index in [1.807, 2.05) is 24.3 Å². The quantitative estimate of drug-likeness (QED) is 0.524. The highest BCUT2D eigenvalue weighted by Crippen LogP contribution is 2.43. The molecule has 2 rings (SSSR count).